The zero-order chi connectivity index (χ0) is 17.7. The third-order valence-corrected chi connectivity index (χ3v) is 4.65. The monoisotopic (exact) mass is 347 g/mol. The van der Waals surface area contributed by atoms with E-state index < -0.39 is 12.1 Å². The molecule has 0 aliphatic heterocycles. The number of hydrogen-bond acceptors (Lipinski definition) is 5. The Labute approximate surface area is 145 Å². The van der Waals surface area contributed by atoms with Crippen molar-refractivity contribution in [2.45, 2.75) is 33.8 Å². The second-order valence-electron chi connectivity index (χ2n) is 5.27. The highest BCUT2D eigenvalue weighted by atomic mass is 32.1. The number of thiophene rings is 1. The first-order valence-electron chi connectivity index (χ1n) is 7.73. The Hall–Kier alpha value is -2.34. The second-order valence-corrected chi connectivity index (χ2v) is 6.49. The van der Waals surface area contributed by atoms with E-state index >= 15 is 0 Å². The summed E-state index contributed by atoms with van der Waals surface area (Å²) in [5.41, 5.74) is 1.24. The maximum atomic E-state index is 12.4. The molecule has 0 fully saturated rings. The molecule has 2 rings (SSSR count). The van der Waals surface area contributed by atoms with Gasteiger partial charge >= 0.3 is 5.97 Å². The van der Waals surface area contributed by atoms with Crippen LogP contribution in [0.2, 0.25) is 0 Å². The molecule has 0 bridgehead atoms. The lowest BCUT2D eigenvalue weighted by Gasteiger charge is -2.14. The van der Waals surface area contributed by atoms with Gasteiger partial charge in [0.15, 0.2) is 6.10 Å². The molecule has 0 aliphatic carbocycles. The van der Waals surface area contributed by atoms with Crippen LogP contribution in [0.5, 0.6) is 5.75 Å². The number of benzene rings is 1. The Kier molecular flexibility index (Phi) is 5.98. The number of ether oxygens (including phenoxy) is 2. The largest absolute Gasteiger partial charge is 0.481 e. The Morgan fingerprint density at radius 3 is 2.50 bits per heavy atom. The van der Waals surface area contributed by atoms with Crippen LogP contribution in [0, 0.1) is 13.8 Å². The number of carbonyl (C=O) groups is 2. The van der Waals surface area contributed by atoms with Gasteiger partial charge in [0.1, 0.15) is 10.8 Å². The van der Waals surface area contributed by atoms with Crippen LogP contribution in [0.3, 0.4) is 0 Å². The predicted molar refractivity (Wildman–Crippen MR) is 94.9 cm³/mol. The van der Waals surface area contributed by atoms with Crippen molar-refractivity contribution in [3.63, 3.8) is 0 Å². The number of para-hydroxylation sites is 1. The number of nitrogens with one attached hydrogen (secondary N) is 1. The Morgan fingerprint density at radius 1 is 1.21 bits per heavy atom. The van der Waals surface area contributed by atoms with Crippen molar-refractivity contribution in [2.24, 2.45) is 0 Å². The van der Waals surface area contributed by atoms with Crippen molar-refractivity contribution >= 4 is 28.2 Å². The van der Waals surface area contributed by atoms with E-state index in [1.54, 1.807) is 26.0 Å². The summed E-state index contributed by atoms with van der Waals surface area (Å²) in [5, 5.41) is 3.28. The average molecular weight is 347 g/mol. The number of anilines is 1. The maximum absolute atomic E-state index is 12.4. The fourth-order valence-corrected chi connectivity index (χ4v) is 3.19. The van der Waals surface area contributed by atoms with Gasteiger partial charge in [0, 0.05) is 4.88 Å². The number of rotatable bonds is 6. The van der Waals surface area contributed by atoms with Crippen LogP contribution in [-0.4, -0.2) is 24.6 Å². The lowest BCUT2D eigenvalue weighted by Crippen LogP contribution is -2.30. The zero-order valence-corrected chi connectivity index (χ0v) is 15.0. The molecule has 24 heavy (non-hydrogen) atoms. The first-order chi connectivity index (χ1) is 11.4. The minimum atomic E-state index is -0.690. The Balaban J connectivity index is 2.14. The van der Waals surface area contributed by atoms with E-state index in [0.717, 1.165) is 10.4 Å². The summed E-state index contributed by atoms with van der Waals surface area (Å²) in [6.07, 6.45) is -0.690. The highest BCUT2D eigenvalue weighted by Gasteiger charge is 2.24. The van der Waals surface area contributed by atoms with Crippen LogP contribution >= 0.6 is 11.3 Å². The summed E-state index contributed by atoms with van der Waals surface area (Å²) in [7, 11) is 0. The van der Waals surface area contributed by atoms with Crippen LogP contribution in [0.25, 0.3) is 0 Å². The molecule has 1 amide bonds. The zero-order valence-electron chi connectivity index (χ0n) is 14.2. The van der Waals surface area contributed by atoms with Gasteiger partial charge in [-0.25, -0.2) is 4.79 Å². The molecule has 0 radical (unpaired) electrons. The van der Waals surface area contributed by atoms with Gasteiger partial charge in [0.25, 0.3) is 5.91 Å². The van der Waals surface area contributed by atoms with Gasteiger partial charge in [-0.15, -0.1) is 11.3 Å². The van der Waals surface area contributed by atoms with Crippen molar-refractivity contribution in [2.75, 3.05) is 11.9 Å². The van der Waals surface area contributed by atoms with Gasteiger partial charge in [-0.05, 0) is 45.4 Å². The summed E-state index contributed by atoms with van der Waals surface area (Å²) in [4.78, 5) is 25.5. The Bertz CT molecular complexity index is 724. The second kappa shape index (κ2) is 7.97. The van der Waals surface area contributed by atoms with Crippen LogP contribution in [0.4, 0.5) is 5.00 Å². The van der Waals surface area contributed by atoms with E-state index in [1.807, 2.05) is 32.0 Å². The third-order valence-electron chi connectivity index (χ3n) is 3.53. The van der Waals surface area contributed by atoms with Crippen molar-refractivity contribution in [3.05, 3.63) is 46.3 Å². The number of carbonyl (C=O) groups excluding carboxylic acids is 2. The lowest BCUT2D eigenvalue weighted by molar-refractivity contribution is -0.122. The standard InChI is InChI=1S/C18H21NO4S/c1-5-22-18(21)15-11(2)13(4)24-17(15)19-16(20)12(3)23-14-9-7-6-8-10-14/h6-10,12H,5H2,1-4H3,(H,19,20). The summed E-state index contributed by atoms with van der Waals surface area (Å²) in [6.45, 7) is 7.45. The van der Waals surface area contributed by atoms with E-state index in [2.05, 4.69) is 5.32 Å². The smallest absolute Gasteiger partial charge is 0.341 e. The maximum Gasteiger partial charge on any atom is 0.341 e. The molecular weight excluding hydrogens is 326 g/mol. The van der Waals surface area contributed by atoms with Gasteiger partial charge in [0.05, 0.1) is 12.2 Å². The van der Waals surface area contributed by atoms with Gasteiger partial charge in [-0.3, -0.25) is 4.79 Å². The molecule has 1 aromatic heterocycles. The molecule has 1 atom stereocenters. The van der Waals surface area contributed by atoms with E-state index in [4.69, 9.17) is 9.47 Å². The number of aryl methyl sites for hydroxylation is 1. The Morgan fingerprint density at radius 2 is 1.88 bits per heavy atom. The molecular formula is C18H21NO4S. The normalized spacial score (nSPS) is 11.7. The van der Waals surface area contributed by atoms with Gasteiger partial charge in [-0.2, -0.15) is 0 Å². The minimum absolute atomic E-state index is 0.286. The van der Waals surface area contributed by atoms with Gasteiger partial charge in [0.2, 0.25) is 0 Å². The summed E-state index contributed by atoms with van der Waals surface area (Å²) >= 11 is 1.36. The van der Waals surface area contributed by atoms with E-state index in [-0.39, 0.29) is 12.5 Å². The van der Waals surface area contributed by atoms with E-state index in [1.165, 1.54) is 11.3 Å². The van der Waals surface area contributed by atoms with Crippen LogP contribution in [0.15, 0.2) is 30.3 Å². The first-order valence-corrected chi connectivity index (χ1v) is 8.55. The van der Waals surface area contributed by atoms with Crippen molar-refractivity contribution in [1.29, 1.82) is 0 Å². The highest BCUT2D eigenvalue weighted by molar-refractivity contribution is 7.16. The first kappa shape index (κ1) is 18.0. The molecule has 1 N–H and O–H groups in total. The highest BCUT2D eigenvalue weighted by Crippen LogP contribution is 2.33. The molecule has 1 unspecified atom stereocenters. The van der Waals surface area contributed by atoms with Crippen molar-refractivity contribution in [1.82, 2.24) is 0 Å². The number of hydrogen-bond donors (Lipinski definition) is 1. The quantitative estimate of drug-likeness (QED) is 0.804. The topological polar surface area (TPSA) is 64.6 Å². The van der Waals surface area contributed by atoms with Crippen LogP contribution in [-0.2, 0) is 9.53 Å². The molecule has 1 heterocycles. The van der Waals surface area contributed by atoms with Gasteiger partial charge in [-0.1, -0.05) is 18.2 Å². The fraction of sp³-hybridized carbons (Fsp3) is 0.333. The molecule has 5 nitrogen and oxygen atoms in total. The van der Waals surface area contributed by atoms with Gasteiger partial charge < -0.3 is 14.8 Å². The minimum Gasteiger partial charge on any atom is -0.481 e. The van der Waals surface area contributed by atoms with Crippen molar-refractivity contribution in [3.8, 4) is 5.75 Å². The molecule has 0 saturated carbocycles. The molecule has 0 spiro atoms. The molecule has 2 aromatic rings. The fourth-order valence-electron chi connectivity index (χ4n) is 2.13. The lowest BCUT2D eigenvalue weighted by atomic mass is 10.1. The SMILES string of the molecule is CCOC(=O)c1c(NC(=O)C(C)Oc2ccccc2)sc(C)c1C. The predicted octanol–water partition coefficient (Wildman–Crippen LogP) is 3.95. The number of amides is 1. The summed E-state index contributed by atoms with van der Waals surface area (Å²) < 4.78 is 10.7. The van der Waals surface area contributed by atoms with E-state index in [9.17, 15) is 9.59 Å². The van der Waals surface area contributed by atoms with E-state index in [0.29, 0.717) is 16.3 Å². The molecule has 1 aromatic carbocycles. The molecule has 6 heteroatoms. The molecule has 0 saturated heterocycles. The van der Waals surface area contributed by atoms with Crippen molar-refractivity contribution < 1.29 is 19.1 Å². The summed E-state index contributed by atoms with van der Waals surface area (Å²) in [6, 6.07) is 9.12. The van der Waals surface area contributed by atoms with Crippen LogP contribution in [0.1, 0.15) is 34.6 Å². The van der Waals surface area contributed by atoms with Crippen LogP contribution < -0.4 is 10.1 Å². The average Bonchev–Trinajstić information content (AvgIpc) is 2.82. The third kappa shape index (κ3) is 4.14. The number of esters is 1. The molecule has 128 valence electrons. The summed E-state index contributed by atoms with van der Waals surface area (Å²) in [5.74, 6) is -0.124. The molecule has 0 aliphatic rings.